The molecule has 0 unspecified atom stereocenters. The quantitative estimate of drug-likeness (QED) is 0.573. The molecule has 0 aliphatic carbocycles. The molecule has 6 heteroatoms. The van der Waals surface area contributed by atoms with Crippen molar-refractivity contribution < 1.29 is 9.90 Å². The predicted molar refractivity (Wildman–Crippen MR) is 72.5 cm³/mol. The maximum atomic E-state index is 9.60. The van der Waals surface area contributed by atoms with Gasteiger partial charge in [0, 0.05) is 24.7 Å². The van der Waals surface area contributed by atoms with Crippen molar-refractivity contribution in [1.29, 1.82) is 0 Å². The van der Waals surface area contributed by atoms with Gasteiger partial charge < -0.3 is 10.8 Å². The average molecular weight is 283 g/mol. The molecule has 0 aromatic heterocycles. The zero-order chi connectivity index (χ0) is 13.9. The molecule has 96 valence electrons. The molecule has 0 amide bonds. The maximum Gasteiger partial charge on any atom is 0.330 e. The van der Waals surface area contributed by atoms with Crippen LogP contribution in [0.15, 0.2) is 12.2 Å². The van der Waals surface area contributed by atoms with Crippen LogP contribution in [0.1, 0.15) is 13.8 Å². The van der Waals surface area contributed by atoms with Gasteiger partial charge in [0.1, 0.15) is 0 Å². The first-order valence-corrected chi connectivity index (χ1v) is 6.05. The molecule has 0 aromatic carbocycles. The second-order valence-electron chi connectivity index (χ2n) is 1.49. The van der Waals surface area contributed by atoms with Gasteiger partial charge in [-0.2, -0.15) is 0 Å². The van der Waals surface area contributed by atoms with Crippen molar-refractivity contribution in [3.05, 3.63) is 12.2 Å². The summed E-state index contributed by atoms with van der Waals surface area (Å²) in [4.78, 5) is 9.60. The molecule has 0 radical (unpaired) electrons. The first-order chi connectivity index (χ1) is 7.06. The van der Waals surface area contributed by atoms with Crippen LogP contribution in [0.3, 0.4) is 0 Å². The van der Waals surface area contributed by atoms with Gasteiger partial charge in [0.2, 0.25) is 0 Å². The highest BCUT2D eigenvalue weighted by atomic mass is 35.5. The fraction of sp³-hybridized carbons (Fsp3) is 0.667. The lowest BCUT2D eigenvalue weighted by atomic mass is 10.4. The number of carboxylic acids is 1. The van der Waals surface area contributed by atoms with Gasteiger partial charge >= 0.3 is 5.97 Å². The molecule has 0 saturated heterocycles. The molecular formula is C9H22Cl3NO2. The maximum absolute atomic E-state index is 9.60. The monoisotopic (exact) mass is 281 g/mol. The Morgan fingerprint density at radius 3 is 1.27 bits per heavy atom. The minimum atomic E-state index is -0.935. The number of hydrogen-bond acceptors (Lipinski definition) is 2. The lowest BCUT2D eigenvalue weighted by molar-refractivity contribution is -0.132. The normalized spacial score (nSPS) is 5.40. The third-order valence-electron chi connectivity index (χ3n) is 0.365. The van der Waals surface area contributed by atoms with E-state index in [9.17, 15) is 4.79 Å². The summed E-state index contributed by atoms with van der Waals surface area (Å²) < 4.78 is 0. The fourth-order valence-electron chi connectivity index (χ4n) is 0. The topological polar surface area (TPSA) is 63.3 Å². The Kier molecular flexibility index (Phi) is 94.4. The van der Waals surface area contributed by atoms with E-state index in [1.165, 1.54) is 26.1 Å². The third-order valence-corrected chi connectivity index (χ3v) is 0.365. The van der Waals surface area contributed by atoms with Crippen LogP contribution in [-0.2, 0) is 4.79 Å². The molecule has 0 saturated carbocycles. The zero-order valence-corrected chi connectivity index (χ0v) is 12.2. The van der Waals surface area contributed by atoms with E-state index in [4.69, 9.17) is 10.8 Å². The molecule has 3 nitrogen and oxygen atoms in total. The number of halogens is 3. The molecule has 3 N–H and O–H groups in total. The standard InChI is InChI=1S/C4H6O2.C2H7N.3CH3Cl/c1-3(2)4(5)6;1-2-3;3*1-2/h1H2,2H3,(H,5,6);2-3H2,1H3;3*1H3. The highest BCUT2D eigenvalue weighted by Crippen LogP contribution is 1.81. The van der Waals surface area contributed by atoms with Crippen LogP contribution in [0.25, 0.3) is 0 Å². The van der Waals surface area contributed by atoms with Crippen molar-refractivity contribution in [2.24, 2.45) is 5.73 Å². The Balaban J connectivity index is -0.0000000318. The Morgan fingerprint density at radius 2 is 1.27 bits per heavy atom. The molecule has 0 aromatic rings. The van der Waals surface area contributed by atoms with Crippen molar-refractivity contribution in [3.8, 4) is 0 Å². The van der Waals surface area contributed by atoms with E-state index >= 15 is 0 Å². The lowest BCUT2D eigenvalue weighted by Gasteiger charge is -1.79. The van der Waals surface area contributed by atoms with Crippen LogP contribution in [-0.4, -0.2) is 36.8 Å². The van der Waals surface area contributed by atoms with Gasteiger partial charge in [-0.25, -0.2) is 4.79 Å². The van der Waals surface area contributed by atoms with Crippen LogP contribution < -0.4 is 5.73 Å². The summed E-state index contributed by atoms with van der Waals surface area (Å²) in [7, 11) is 0. The predicted octanol–water partition coefficient (Wildman–Crippen LogP) is 3.18. The SMILES string of the molecule is C=C(C)C(=O)O.CCN.CCl.CCl.CCl. The van der Waals surface area contributed by atoms with Crippen LogP contribution in [0.4, 0.5) is 0 Å². The van der Waals surface area contributed by atoms with Crippen LogP contribution in [0.5, 0.6) is 0 Å². The second kappa shape index (κ2) is 48.2. The first-order valence-electron chi connectivity index (χ1n) is 3.78. The molecule has 0 fully saturated rings. The summed E-state index contributed by atoms with van der Waals surface area (Å²) in [6.45, 7) is 7.25. The van der Waals surface area contributed by atoms with E-state index in [0.717, 1.165) is 6.54 Å². The summed E-state index contributed by atoms with van der Waals surface area (Å²) in [5.74, 6) is -0.935. The van der Waals surface area contributed by atoms with E-state index in [-0.39, 0.29) is 5.57 Å². The number of carbonyl (C=O) groups is 1. The number of carboxylic acid groups (broad SMARTS) is 1. The minimum Gasteiger partial charge on any atom is -0.478 e. The third kappa shape index (κ3) is 125. The summed E-state index contributed by atoms with van der Waals surface area (Å²) in [6, 6.07) is 0. The highest BCUT2D eigenvalue weighted by Gasteiger charge is 1.90. The molecule has 0 aliphatic rings. The van der Waals surface area contributed by atoms with Crippen molar-refractivity contribution in [1.82, 2.24) is 0 Å². The molecule has 0 atom stereocenters. The second-order valence-corrected chi connectivity index (χ2v) is 1.49. The van der Waals surface area contributed by atoms with Gasteiger partial charge in [-0.15, -0.1) is 34.8 Å². The Bertz CT molecular complexity index is 99.5. The van der Waals surface area contributed by atoms with Gasteiger partial charge in [-0.3, -0.25) is 0 Å². The van der Waals surface area contributed by atoms with E-state index in [1.807, 2.05) is 6.92 Å². The van der Waals surface area contributed by atoms with Gasteiger partial charge in [0.15, 0.2) is 0 Å². The van der Waals surface area contributed by atoms with E-state index in [1.54, 1.807) is 0 Å². The Hall–Kier alpha value is 0.0400. The van der Waals surface area contributed by atoms with Crippen LogP contribution in [0.2, 0.25) is 0 Å². The van der Waals surface area contributed by atoms with Crippen molar-refractivity contribution in [3.63, 3.8) is 0 Å². The van der Waals surface area contributed by atoms with Gasteiger partial charge in [-0.05, 0) is 13.5 Å². The van der Waals surface area contributed by atoms with Crippen LogP contribution in [0, 0.1) is 0 Å². The molecule has 0 heterocycles. The number of alkyl halides is 3. The van der Waals surface area contributed by atoms with Gasteiger partial charge in [-0.1, -0.05) is 13.5 Å². The lowest BCUT2D eigenvalue weighted by Crippen LogP contribution is -1.92. The number of aliphatic carboxylic acids is 1. The molecular weight excluding hydrogens is 260 g/mol. The molecule has 0 aliphatic heterocycles. The highest BCUT2D eigenvalue weighted by molar-refractivity contribution is 6.15. The molecule has 0 rings (SSSR count). The minimum absolute atomic E-state index is 0.176. The Morgan fingerprint density at radius 1 is 1.20 bits per heavy atom. The van der Waals surface area contributed by atoms with Gasteiger partial charge in [0.25, 0.3) is 0 Å². The Labute approximate surface area is 108 Å². The summed E-state index contributed by atoms with van der Waals surface area (Å²) >= 11 is 13.9. The number of nitrogens with two attached hydrogens (primary N) is 1. The van der Waals surface area contributed by atoms with Crippen molar-refractivity contribution in [2.45, 2.75) is 13.8 Å². The van der Waals surface area contributed by atoms with E-state index in [0.29, 0.717) is 0 Å². The smallest absolute Gasteiger partial charge is 0.330 e. The van der Waals surface area contributed by atoms with Crippen LogP contribution >= 0.6 is 34.8 Å². The first kappa shape index (κ1) is 29.4. The zero-order valence-electron chi connectivity index (χ0n) is 9.98. The molecule has 0 bridgehead atoms. The molecule has 0 spiro atoms. The number of hydrogen-bond donors (Lipinski definition) is 2. The molecule has 15 heavy (non-hydrogen) atoms. The summed E-state index contributed by atoms with van der Waals surface area (Å²) in [5, 5.41) is 7.89. The summed E-state index contributed by atoms with van der Waals surface area (Å²) in [6.07, 6.45) is 4.42. The largest absolute Gasteiger partial charge is 0.478 e. The summed E-state index contributed by atoms with van der Waals surface area (Å²) in [5.41, 5.74) is 5.02. The van der Waals surface area contributed by atoms with Gasteiger partial charge in [0.05, 0.1) is 0 Å². The van der Waals surface area contributed by atoms with E-state index < -0.39 is 5.97 Å². The van der Waals surface area contributed by atoms with Crippen molar-refractivity contribution >= 4 is 40.8 Å². The van der Waals surface area contributed by atoms with Crippen molar-refractivity contribution in [2.75, 3.05) is 25.7 Å². The van der Waals surface area contributed by atoms with E-state index in [2.05, 4.69) is 41.4 Å². The average Bonchev–Trinajstić information content (AvgIpc) is 2.27. The number of rotatable bonds is 1. The fourth-order valence-corrected chi connectivity index (χ4v) is 0.